The number of aliphatic carboxylic acids is 1. The number of unbranched alkanes of at least 4 members (excludes halogenated alkanes) is 1. The largest absolute Gasteiger partial charge is 0.480 e. The lowest BCUT2D eigenvalue weighted by Gasteiger charge is -2.30. The van der Waals surface area contributed by atoms with E-state index in [0.717, 1.165) is 0 Å². The molecule has 4 unspecified atom stereocenters. The third-order valence-electron chi connectivity index (χ3n) is 5.72. The van der Waals surface area contributed by atoms with Gasteiger partial charge in [0.15, 0.2) is 5.96 Å². The summed E-state index contributed by atoms with van der Waals surface area (Å²) < 4.78 is 0. The highest BCUT2D eigenvalue weighted by molar-refractivity contribution is 5.95. The van der Waals surface area contributed by atoms with E-state index in [1.807, 2.05) is 0 Å². The van der Waals surface area contributed by atoms with Gasteiger partial charge in [0, 0.05) is 13.1 Å². The number of guanidine groups is 1. The Hall–Kier alpha value is -3.46. The predicted molar refractivity (Wildman–Crippen MR) is 131 cm³/mol. The molecule has 1 aliphatic rings. The molecule has 4 atom stereocenters. The van der Waals surface area contributed by atoms with E-state index in [1.165, 1.54) is 4.90 Å². The maximum Gasteiger partial charge on any atom is 0.326 e. The number of carbonyl (C=O) groups is 5. The number of carbonyl (C=O) groups excluding carboxylic acids is 4. The summed E-state index contributed by atoms with van der Waals surface area (Å²) in [5.74, 6) is -4.09. The zero-order valence-electron chi connectivity index (χ0n) is 20.4. The molecule has 0 saturated carbocycles. The molecule has 1 heterocycles. The molecule has 0 radical (unpaired) electrons. The van der Waals surface area contributed by atoms with Crippen LogP contribution in [0.5, 0.6) is 0 Å². The third-order valence-corrected chi connectivity index (χ3v) is 5.72. The lowest BCUT2D eigenvalue weighted by atomic mass is 10.1. The zero-order chi connectivity index (χ0) is 27.3. The van der Waals surface area contributed by atoms with Crippen LogP contribution in [0.3, 0.4) is 0 Å². The van der Waals surface area contributed by atoms with Crippen LogP contribution in [0.4, 0.5) is 0 Å². The van der Waals surface area contributed by atoms with Gasteiger partial charge in [-0.05, 0) is 51.5 Å². The molecule has 0 bridgehead atoms. The van der Waals surface area contributed by atoms with Crippen molar-refractivity contribution >= 4 is 35.6 Å². The maximum atomic E-state index is 13.4. The number of aliphatic imine (C=N–C) groups is 1. The van der Waals surface area contributed by atoms with Crippen molar-refractivity contribution in [2.45, 2.75) is 75.5 Å². The minimum Gasteiger partial charge on any atom is -0.480 e. The monoisotopic (exact) mass is 513 g/mol. The highest BCUT2D eigenvalue weighted by Gasteiger charge is 2.39. The van der Waals surface area contributed by atoms with Crippen molar-refractivity contribution < 1.29 is 29.1 Å². The number of carboxylic acids is 1. The fraction of sp³-hybridized carbons (Fsp3) is 0.714. The number of carboxylic acid groups (broad SMARTS) is 1. The number of nitrogens with two attached hydrogens (primary N) is 5. The molecule has 0 aromatic carbocycles. The summed E-state index contributed by atoms with van der Waals surface area (Å²) in [4.78, 5) is 66.5. The molecule has 1 aliphatic heterocycles. The Morgan fingerprint density at radius 2 is 1.69 bits per heavy atom. The molecular weight excluding hydrogens is 474 g/mol. The molecule has 13 N–H and O–H groups in total. The van der Waals surface area contributed by atoms with E-state index < -0.39 is 60.2 Å². The van der Waals surface area contributed by atoms with Gasteiger partial charge in [-0.2, -0.15) is 0 Å². The normalized spacial score (nSPS) is 17.5. The van der Waals surface area contributed by atoms with Gasteiger partial charge >= 0.3 is 5.97 Å². The van der Waals surface area contributed by atoms with Crippen LogP contribution in [0.1, 0.15) is 51.4 Å². The van der Waals surface area contributed by atoms with E-state index in [0.29, 0.717) is 45.2 Å². The van der Waals surface area contributed by atoms with Gasteiger partial charge in [-0.25, -0.2) is 4.79 Å². The number of primary amides is 1. The van der Waals surface area contributed by atoms with E-state index in [4.69, 9.17) is 28.7 Å². The predicted octanol–water partition coefficient (Wildman–Crippen LogP) is -3.58. The van der Waals surface area contributed by atoms with E-state index in [9.17, 15) is 29.1 Å². The van der Waals surface area contributed by atoms with E-state index in [2.05, 4.69) is 15.6 Å². The van der Waals surface area contributed by atoms with Crippen molar-refractivity contribution in [1.82, 2.24) is 15.5 Å². The topological polar surface area (TPSA) is 275 Å². The van der Waals surface area contributed by atoms with Crippen LogP contribution in [0.2, 0.25) is 0 Å². The molecule has 0 aromatic heterocycles. The van der Waals surface area contributed by atoms with Crippen molar-refractivity contribution in [3.63, 3.8) is 0 Å². The first-order chi connectivity index (χ1) is 17.0. The summed E-state index contributed by atoms with van der Waals surface area (Å²) in [7, 11) is 0. The van der Waals surface area contributed by atoms with Crippen molar-refractivity contribution in [3.8, 4) is 0 Å². The van der Waals surface area contributed by atoms with Crippen LogP contribution in [-0.2, 0) is 24.0 Å². The first-order valence-corrected chi connectivity index (χ1v) is 11.9. The number of amides is 4. The molecule has 15 nitrogen and oxygen atoms in total. The smallest absolute Gasteiger partial charge is 0.326 e. The van der Waals surface area contributed by atoms with Crippen molar-refractivity contribution in [2.24, 2.45) is 33.7 Å². The van der Waals surface area contributed by atoms with Crippen molar-refractivity contribution in [1.29, 1.82) is 0 Å². The van der Waals surface area contributed by atoms with Gasteiger partial charge < -0.3 is 49.3 Å². The van der Waals surface area contributed by atoms with Crippen LogP contribution >= 0.6 is 0 Å². The van der Waals surface area contributed by atoms with Gasteiger partial charge in [-0.3, -0.25) is 24.2 Å². The Kier molecular flexibility index (Phi) is 13.2. The van der Waals surface area contributed by atoms with Crippen LogP contribution in [0.25, 0.3) is 0 Å². The fourth-order valence-corrected chi connectivity index (χ4v) is 3.85. The second kappa shape index (κ2) is 15.5. The van der Waals surface area contributed by atoms with Gasteiger partial charge in [-0.15, -0.1) is 0 Å². The standard InChI is InChI=1S/C21H39N9O6/c22-8-2-1-6-13(28-17(32)12(23)5-3-9-27-21(25)26)19(34)30-10-4-7-15(30)18(33)29-14(20(35)36)11-16(24)31/h12-15H,1-11,22-23H2,(H2,24,31)(H,28,32)(H,29,33)(H,35,36)(H4,25,26,27). The van der Waals surface area contributed by atoms with Crippen LogP contribution < -0.4 is 39.3 Å². The Balaban J connectivity index is 2.89. The van der Waals surface area contributed by atoms with E-state index in [1.54, 1.807) is 0 Å². The summed E-state index contributed by atoms with van der Waals surface area (Å²) in [6, 6.07) is -4.30. The van der Waals surface area contributed by atoms with Crippen LogP contribution in [-0.4, -0.2) is 89.4 Å². The zero-order valence-corrected chi connectivity index (χ0v) is 20.4. The summed E-state index contributed by atoms with van der Waals surface area (Å²) in [5, 5.41) is 14.2. The van der Waals surface area contributed by atoms with Crippen molar-refractivity contribution in [3.05, 3.63) is 0 Å². The molecule has 1 saturated heterocycles. The quantitative estimate of drug-likeness (QED) is 0.0570. The molecule has 15 heteroatoms. The Labute approximate surface area is 209 Å². The summed E-state index contributed by atoms with van der Waals surface area (Å²) in [5.41, 5.74) is 27.1. The average Bonchev–Trinajstić information content (AvgIpc) is 3.29. The molecule has 4 amide bonds. The molecule has 36 heavy (non-hydrogen) atoms. The van der Waals surface area contributed by atoms with Gasteiger partial charge in [0.05, 0.1) is 12.5 Å². The van der Waals surface area contributed by atoms with Crippen LogP contribution in [0.15, 0.2) is 4.99 Å². The minimum absolute atomic E-state index is 0.0629. The molecule has 0 aromatic rings. The molecular formula is C21H39N9O6. The Morgan fingerprint density at radius 1 is 1.00 bits per heavy atom. The Bertz CT molecular complexity index is 818. The van der Waals surface area contributed by atoms with E-state index in [-0.39, 0.29) is 25.3 Å². The van der Waals surface area contributed by atoms with E-state index >= 15 is 0 Å². The number of nitrogens with zero attached hydrogens (tertiary/aromatic N) is 2. The third kappa shape index (κ3) is 10.4. The van der Waals surface area contributed by atoms with Gasteiger partial charge in [-0.1, -0.05) is 0 Å². The second-order valence-corrected chi connectivity index (χ2v) is 8.66. The number of nitrogens with one attached hydrogen (secondary N) is 2. The molecule has 1 fully saturated rings. The number of rotatable bonds is 16. The van der Waals surface area contributed by atoms with Crippen LogP contribution in [0, 0.1) is 0 Å². The summed E-state index contributed by atoms with van der Waals surface area (Å²) in [6.07, 6.45) is 2.44. The molecule has 204 valence electrons. The second-order valence-electron chi connectivity index (χ2n) is 8.66. The fourth-order valence-electron chi connectivity index (χ4n) is 3.85. The molecule has 1 rings (SSSR count). The number of hydrogen-bond donors (Lipinski definition) is 8. The van der Waals surface area contributed by atoms with Gasteiger partial charge in [0.25, 0.3) is 0 Å². The average molecular weight is 514 g/mol. The highest BCUT2D eigenvalue weighted by atomic mass is 16.4. The van der Waals surface area contributed by atoms with Gasteiger partial charge in [0.1, 0.15) is 18.1 Å². The molecule has 0 aliphatic carbocycles. The number of likely N-dealkylation sites (tertiary alicyclic amines) is 1. The lowest BCUT2D eigenvalue weighted by molar-refractivity contribution is -0.146. The summed E-state index contributed by atoms with van der Waals surface area (Å²) in [6.45, 7) is 0.961. The van der Waals surface area contributed by atoms with Gasteiger partial charge in [0.2, 0.25) is 23.6 Å². The lowest BCUT2D eigenvalue weighted by Crippen LogP contribution is -2.57. The maximum absolute atomic E-state index is 13.4. The first-order valence-electron chi connectivity index (χ1n) is 11.9. The Morgan fingerprint density at radius 3 is 2.28 bits per heavy atom. The molecule has 0 spiro atoms. The number of hydrogen-bond acceptors (Lipinski definition) is 8. The first kappa shape index (κ1) is 30.6. The van der Waals surface area contributed by atoms with Crippen molar-refractivity contribution in [2.75, 3.05) is 19.6 Å². The summed E-state index contributed by atoms with van der Waals surface area (Å²) >= 11 is 0. The highest BCUT2D eigenvalue weighted by Crippen LogP contribution is 2.20. The minimum atomic E-state index is -1.51. The SMILES string of the molecule is NCCCCC(NC(=O)C(N)CCCN=C(N)N)C(=O)N1CCCC1C(=O)NC(CC(N)=O)C(=O)O.